The van der Waals surface area contributed by atoms with E-state index in [0.29, 0.717) is 6.29 Å². The molecule has 0 saturated heterocycles. The van der Waals surface area contributed by atoms with Crippen LogP contribution >= 0.6 is 11.6 Å². The Bertz CT molecular complexity index is 599. The summed E-state index contributed by atoms with van der Waals surface area (Å²) in [6, 6.07) is 5.54. The van der Waals surface area contributed by atoms with Crippen molar-refractivity contribution < 1.29 is 19.0 Å². The van der Waals surface area contributed by atoms with E-state index in [1.165, 1.54) is 24.4 Å². The topological polar surface area (TPSA) is 59.4 Å². The number of aromatic nitrogens is 1. The highest BCUT2D eigenvalue weighted by molar-refractivity contribution is 6.31. The van der Waals surface area contributed by atoms with Gasteiger partial charge in [-0.15, -0.1) is 0 Å². The quantitative estimate of drug-likeness (QED) is 0.875. The molecule has 19 heavy (non-hydrogen) atoms. The number of benzene rings is 1. The molecule has 6 heteroatoms. The molecule has 2 aromatic rings. The molecule has 1 N–H and O–H groups in total. The van der Waals surface area contributed by atoms with Gasteiger partial charge in [0, 0.05) is 11.6 Å². The Morgan fingerprint density at radius 1 is 1.47 bits per heavy atom. The zero-order valence-corrected chi connectivity index (χ0v) is 10.4. The highest BCUT2D eigenvalue weighted by Crippen LogP contribution is 2.23. The number of nitrogens with zero attached hydrogens (tertiary/aromatic N) is 1. The van der Waals surface area contributed by atoms with Crippen molar-refractivity contribution in [2.24, 2.45) is 0 Å². The van der Waals surface area contributed by atoms with E-state index < -0.39 is 5.82 Å². The fourth-order valence-corrected chi connectivity index (χ4v) is 1.66. The van der Waals surface area contributed by atoms with Crippen LogP contribution in [0.3, 0.4) is 0 Å². The molecule has 0 aliphatic rings. The van der Waals surface area contributed by atoms with Crippen LogP contribution in [0.1, 0.15) is 16.1 Å². The zero-order valence-electron chi connectivity index (χ0n) is 9.64. The molecule has 0 unspecified atom stereocenters. The number of rotatable bonds is 4. The Morgan fingerprint density at radius 2 is 2.26 bits per heavy atom. The minimum absolute atomic E-state index is 0.0868. The zero-order chi connectivity index (χ0) is 13.8. The van der Waals surface area contributed by atoms with Crippen molar-refractivity contribution in [3.05, 3.63) is 52.6 Å². The summed E-state index contributed by atoms with van der Waals surface area (Å²) in [7, 11) is 0. The van der Waals surface area contributed by atoms with Crippen molar-refractivity contribution in [3.63, 3.8) is 0 Å². The smallest absolute Gasteiger partial charge is 0.172 e. The fourth-order valence-electron chi connectivity index (χ4n) is 1.44. The number of hydrogen-bond donors (Lipinski definition) is 1. The molecule has 1 heterocycles. The molecule has 0 radical (unpaired) electrons. The monoisotopic (exact) mass is 281 g/mol. The first kappa shape index (κ1) is 13.3. The lowest BCUT2D eigenvalue weighted by Gasteiger charge is -2.09. The largest absolute Gasteiger partial charge is 0.505 e. The van der Waals surface area contributed by atoms with Gasteiger partial charge >= 0.3 is 0 Å². The van der Waals surface area contributed by atoms with Crippen LogP contribution in [0.25, 0.3) is 0 Å². The fraction of sp³-hybridized carbons (Fsp3) is 0.0769. The summed E-state index contributed by atoms with van der Waals surface area (Å²) in [5.74, 6) is -0.566. The SMILES string of the molecule is O=Cc1ncc(OCc2c(F)cccc2Cl)cc1O. The van der Waals surface area contributed by atoms with Gasteiger partial charge in [0.1, 0.15) is 29.6 Å². The molecular formula is C13H9ClFNO3. The summed E-state index contributed by atoms with van der Waals surface area (Å²) in [5, 5.41) is 9.68. The van der Waals surface area contributed by atoms with Gasteiger partial charge in [-0.2, -0.15) is 0 Å². The minimum Gasteiger partial charge on any atom is -0.505 e. The van der Waals surface area contributed by atoms with Crippen LogP contribution in [0.5, 0.6) is 11.5 Å². The van der Waals surface area contributed by atoms with Crippen LogP contribution in [-0.2, 0) is 6.61 Å². The van der Waals surface area contributed by atoms with E-state index in [4.69, 9.17) is 16.3 Å². The van der Waals surface area contributed by atoms with Crippen LogP contribution in [0, 0.1) is 5.82 Å². The summed E-state index contributed by atoms with van der Waals surface area (Å²) < 4.78 is 18.7. The molecule has 0 fully saturated rings. The molecule has 0 aliphatic heterocycles. The van der Waals surface area contributed by atoms with Gasteiger partial charge in [-0.25, -0.2) is 9.37 Å². The molecule has 2 rings (SSSR count). The van der Waals surface area contributed by atoms with Crippen LogP contribution < -0.4 is 4.74 Å². The molecule has 98 valence electrons. The predicted molar refractivity (Wildman–Crippen MR) is 67.0 cm³/mol. The van der Waals surface area contributed by atoms with Gasteiger partial charge in [-0.3, -0.25) is 4.79 Å². The van der Waals surface area contributed by atoms with E-state index in [-0.39, 0.29) is 34.4 Å². The van der Waals surface area contributed by atoms with Crippen molar-refractivity contribution in [3.8, 4) is 11.5 Å². The van der Waals surface area contributed by atoms with E-state index in [1.54, 1.807) is 6.07 Å². The number of aldehydes is 1. The van der Waals surface area contributed by atoms with Gasteiger partial charge in [-0.05, 0) is 12.1 Å². The second-order valence-electron chi connectivity index (χ2n) is 3.68. The minimum atomic E-state index is -0.478. The second-order valence-corrected chi connectivity index (χ2v) is 4.09. The van der Waals surface area contributed by atoms with E-state index in [2.05, 4.69) is 4.98 Å². The lowest BCUT2D eigenvalue weighted by molar-refractivity contribution is 0.111. The first-order valence-electron chi connectivity index (χ1n) is 5.31. The molecule has 0 amide bonds. The van der Waals surface area contributed by atoms with Crippen LogP contribution in [-0.4, -0.2) is 16.4 Å². The molecule has 4 nitrogen and oxygen atoms in total. The molecule has 1 aromatic carbocycles. The average molecular weight is 282 g/mol. The third-order valence-electron chi connectivity index (χ3n) is 2.43. The lowest BCUT2D eigenvalue weighted by Crippen LogP contribution is -2.00. The van der Waals surface area contributed by atoms with Crippen molar-refractivity contribution in [2.45, 2.75) is 6.61 Å². The highest BCUT2D eigenvalue weighted by atomic mass is 35.5. The molecular weight excluding hydrogens is 273 g/mol. The Hall–Kier alpha value is -2.14. The number of ether oxygens (including phenoxy) is 1. The molecule has 0 bridgehead atoms. The number of pyridine rings is 1. The van der Waals surface area contributed by atoms with Crippen molar-refractivity contribution in [1.29, 1.82) is 0 Å². The number of aromatic hydroxyl groups is 1. The van der Waals surface area contributed by atoms with E-state index in [1.807, 2.05) is 0 Å². The first-order valence-corrected chi connectivity index (χ1v) is 5.69. The third kappa shape index (κ3) is 3.00. The van der Waals surface area contributed by atoms with Crippen molar-refractivity contribution in [1.82, 2.24) is 4.98 Å². The molecule has 0 saturated carbocycles. The van der Waals surface area contributed by atoms with Crippen LogP contribution in [0.2, 0.25) is 5.02 Å². The van der Waals surface area contributed by atoms with Gasteiger partial charge < -0.3 is 9.84 Å². The highest BCUT2D eigenvalue weighted by Gasteiger charge is 2.09. The Labute approximate surface area is 113 Å². The summed E-state index contributed by atoms with van der Waals surface area (Å²) in [4.78, 5) is 14.2. The maximum Gasteiger partial charge on any atom is 0.172 e. The summed E-state index contributed by atoms with van der Waals surface area (Å²) in [6.07, 6.45) is 1.69. The normalized spacial score (nSPS) is 10.2. The van der Waals surface area contributed by atoms with Gasteiger partial charge in [0.2, 0.25) is 0 Å². The summed E-state index contributed by atoms with van der Waals surface area (Å²) >= 11 is 5.84. The van der Waals surface area contributed by atoms with Gasteiger partial charge in [0.05, 0.1) is 11.2 Å². The Morgan fingerprint density at radius 3 is 2.89 bits per heavy atom. The van der Waals surface area contributed by atoms with Gasteiger partial charge in [-0.1, -0.05) is 17.7 Å². The number of carbonyl (C=O) groups excluding carboxylic acids is 1. The van der Waals surface area contributed by atoms with Crippen molar-refractivity contribution >= 4 is 17.9 Å². The standard InChI is InChI=1S/C13H9ClFNO3/c14-10-2-1-3-11(15)9(10)7-19-8-4-13(18)12(6-17)16-5-8/h1-6,18H,7H2. The number of carbonyl (C=O) groups is 1. The predicted octanol–water partition coefficient (Wildman–Crippen LogP) is 2.97. The number of hydrogen-bond acceptors (Lipinski definition) is 4. The molecule has 1 aromatic heterocycles. The molecule has 0 aliphatic carbocycles. The summed E-state index contributed by atoms with van der Waals surface area (Å²) in [5.41, 5.74) is 0.124. The Balaban J connectivity index is 2.15. The van der Waals surface area contributed by atoms with E-state index in [9.17, 15) is 14.3 Å². The van der Waals surface area contributed by atoms with Gasteiger partial charge in [0.25, 0.3) is 0 Å². The number of halogens is 2. The third-order valence-corrected chi connectivity index (χ3v) is 2.78. The van der Waals surface area contributed by atoms with E-state index in [0.717, 1.165) is 0 Å². The molecule has 0 spiro atoms. The van der Waals surface area contributed by atoms with E-state index >= 15 is 0 Å². The van der Waals surface area contributed by atoms with Crippen molar-refractivity contribution in [2.75, 3.05) is 0 Å². The molecule has 0 atom stereocenters. The maximum atomic E-state index is 13.5. The second kappa shape index (κ2) is 5.67. The lowest BCUT2D eigenvalue weighted by atomic mass is 10.2. The Kier molecular flexibility index (Phi) is 3.97. The average Bonchev–Trinajstić information content (AvgIpc) is 2.38. The maximum absolute atomic E-state index is 13.5. The van der Waals surface area contributed by atoms with Crippen LogP contribution in [0.4, 0.5) is 4.39 Å². The van der Waals surface area contributed by atoms with Gasteiger partial charge in [0.15, 0.2) is 6.29 Å². The van der Waals surface area contributed by atoms with Crippen LogP contribution in [0.15, 0.2) is 30.5 Å². The summed E-state index contributed by atoms with van der Waals surface area (Å²) in [6.45, 7) is -0.104. The first-order chi connectivity index (χ1) is 9.11.